The molecule has 1 aliphatic heterocycles. The number of sulfone groups is 1. The van der Waals surface area contributed by atoms with Crippen LogP contribution in [-0.2, 0) is 14.6 Å². The summed E-state index contributed by atoms with van der Waals surface area (Å²) in [5, 5.41) is 12.1. The van der Waals surface area contributed by atoms with E-state index < -0.39 is 20.5 Å². The van der Waals surface area contributed by atoms with Crippen molar-refractivity contribution in [2.24, 2.45) is 0 Å². The van der Waals surface area contributed by atoms with Gasteiger partial charge in [0.05, 0.1) is 4.90 Å². The lowest BCUT2D eigenvalue weighted by atomic mass is 9.96. The normalized spacial score (nSPS) is 16.7. The maximum Gasteiger partial charge on any atom is 0.265 e. The Balaban J connectivity index is 1.88. The first-order chi connectivity index (χ1) is 12.9. The second-order valence-corrected chi connectivity index (χ2v) is 9.62. The number of rotatable bonds is 5. The van der Waals surface area contributed by atoms with Gasteiger partial charge in [0.25, 0.3) is 5.91 Å². The van der Waals surface area contributed by atoms with Gasteiger partial charge in [0, 0.05) is 9.79 Å². The minimum absolute atomic E-state index is 0.0245. The zero-order valence-electron chi connectivity index (χ0n) is 14.3. The molecule has 6 nitrogen and oxygen atoms in total. The highest BCUT2D eigenvalue weighted by Crippen LogP contribution is 2.35. The van der Waals surface area contributed by atoms with E-state index >= 15 is 0 Å². The monoisotopic (exact) mass is 410 g/mol. The number of halogens is 1. The predicted molar refractivity (Wildman–Crippen MR) is 98.9 cm³/mol. The first kappa shape index (κ1) is 19.8. The number of hydrogen-bond acceptors (Lipinski definition) is 6. The van der Waals surface area contributed by atoms with E-state index in [2.05, 4.69) is 5.32 Å². The molecule has 0 saturated carbocycles. The van der Waals surface area contributed by atoms with Gasteiger partial charge < -0.3 is 5.32 Å². The fraction of sp³-hybridized carbons (Fsp3) is 0.278. The van der Waals surface area contributed by atoms with E-state index in [1.165, 1.54) is 41.5 Å². The van der Waals surface area contributed by atoms with Crippen molar-refractivity contribution in [2.75, 3.05) is 13.1 Å². The van der Waals surface area contributed by atoms with Crippen LogP contribution in [0.1, 0.15) is 12.8 Å². The Kier molecular flexibility index (Phi) is 5.85. The van der Waals surface area contributed by atoms with Crippen LogP contribution >= 0.6 is 11.8 Å². The summed E-state index contributed by atoms with van der Waals surface area (Å²) < 4.78 is 37.6. The number of nitrogens with one attached hydrogen (secondary N) is 2. The molecule has 1 amide bonds. The molecule has 0 atom stereocenters. The molecule has 0 bridgehead atoms. The SMILES string of the molecule is O=C(NO)C1(S(=O)(=O)c2ccc(Sc3ccc(F)cc3)cc2)CCNCC1. The lowest BCUT2D eigenvalue weighted by Crippen LogP contribution is -2.57. The fourth-order valence-corrected chi connectivity index (χ4v) is 5.89. The van der Waals surface area contributed by atoms with Crippen LogP contribution in [0.15, 0.2) is 63.2 Å². The van der Waals surface area contributed by atoms with Crippen molar-refractivity contribution >= 4 is 27.5 Å². The number of piperidine rings is 1. The lowest BCUT2D eigenvalue weighted by Gasteiger charge is -2.34. The number of carbonyl (C=O) groups excluding carboxylic acids is 1. The molecule has 9 heteroatoms. The van der Waals surface area contributed by atoms with Crippen molar-refractivity contribution in [1.82, 2.24) is 10.8 Å². The van der Waals surface area contributed by atoms with Crippen molar-refractivity contribution in [2.45, 2.75) is 32.3 Å². The van der Waals surface area contributed by atoms with Crippen LogP contribution in [0.4, 0.5) is 4.39 Å². The van der Waals surface area contributed by atoms with Crippen molar-refractivity contribution in [3.8, 4) is 0 Å². The van der Waals surface area contributed by atoms with Crippen LogP contribution in [0.2, 0.25) is 0 Å². The number of hydrogen-bond donors (Lipinski definition) is 3. The molecule has 0 radical (unpaired) electrons. The quantitative estimate of drug-likeness (QED) is 0.517. The third-order valence-corrected chi connectivity index (χ3v) is 8.16. The van der Waals surface area contributed by atoms with Crippen LogP contribution in [0.5, 0.6) is 0 Å². The molecule has 0 spiro atoms. The Bertz CT molecular complexity index is 909. The standard InChI is InChI=1S/C18H19FN2O4S2/c19-13-1-3-14(4-2-13)26-15-5-7-16(8-6-15)27(24,25)18(17(22)21-23)9-11-20-12-10-18/h1-8,20,23H,9-12H2,(H,21,22). The molecule has 1 heterocycles. The Morgan fingerprint density at radius 3 is 2.07 bits per heavy atom. The molecule has 27 heavy (non-hydrogen) atoms. The van der Waals surface area contributed by atoms with Crippen molar-refractivity contribution in [3.63, 3.8) is 0 Å². The summed E-state index contributed by atoms with van der Waals surface area (Å²) in [4.78, 5) is 13.9. The van der Waals surface area contributed by atoms with Gasteiger partial charge >= 0.3 is 0 Å². The predicted octanol–water partition coefficient (Wildman–Crippen LogP) is 2.38. The van der Waals surface area contributed by atoms with Crippen molar-refractivity contribution < 1.29 is 22.8 Å². The zero-order valence-corrected chi connectivity index (χ0v) is 15.9. The number of amides is 1. The third kappa shape index (κ3) is 3.86. The average molecular weight is 410 g/mol. The van der Waals surface area contributed by atoms with Gasteiger partial charge in [0.1, 0.15) is 5.82 Å². The van der Waals surface area contributed by atoms with E-state index in [0.29, 0.717) is 13.1 Å². The van der Waals surface area contributed by atoms with Crippen LogP contribution in [0, 0.1) is 5.82 Å². The van der Waals surface area contributed by atoms with Gasteiger partial charge in [-0.2, -0.15) is 0 Å². The Morgan fingerprint density at radius 1 is 1.04 bits per heavy atom. The van der Waals surface area contributed by atoms with Gasteiger partial charge in [0.2, 0.25) is 0 Å². The molecule has 1 aliphatic rings. The largest absolute Gasteiger partial charge is 0.317 e. The van der Waals surface area contributed by atoms with Gasteiger partial charge in [-0.05, 0) is 74.5 Å². The van der Waals surface area contributed by atoms with Gasteiger partial charge in [-0.1, -0.05) is 11.8 Å². The Labute approximate surface area is 161 Å². The van der Waals surface area contributed by atoms with Gasteiger partial charge in [-0.25, -0.2) is 18.3 Å². The maximum absolute atomic E-state index is 13.2. The van der Waals surface area contributed by atoms with Crippen molar-refractivity contribution in [1.29, 1.82) is 0 Å². The molecule has 144 valence electrons. The molecule has 3 rings (SSSR count). The molecule has 2 aromatic carbocycles. The van der Waals surface area contributed by atoms with Crippen LogP contribution < -0.4 is 10.8 Å². The van der Waals surface area contributed by atoms with Gasteiger partial charge in [0.15, 0.2) is 14.6 Å². The number of benzene rings is 2. The second kappa shape index (κ2) is 7.97. The minimum atomic E-state index is -4.00. The minimum Gasteiger partial charge on any atom is -0.317 e. The Hall–Kier alpha value is -1.94. The highest BCUT2D eigenvalue weighted by molar-refractivity contribution is 7.99. The molecule has 1 saturated heterocycles. The molecule has 0 unspecified atom stereocenters. The topological polar surface area (TPSA) is 95.5 Å². The number of carbonyl (C=O) groups is 1. The van der Waals surface area contributed by atoms with E-state index in [4.69, 9.17) is 5.21 Å². The Morgan fingerprint density at radius 2 is 1.56 bits per heavy atom. The summed E-state index contributed by atoms with van der Waals surface area (Å²) in [6.45, 7) is 0.732. The summed E-state index contributed by atoms with van der Waals surface area (Å²) in [6, 6.07) is 12.2. The average Bonchev–Trinajstić information content (AvgIpc) is 2.70. The van der Waals surface area contributed by atoms with Crippen LogP contribution in [0.3, 0.4) is 0 Å². The summed E-state index contributed by atoms with van der Waals surface area (Å²) in [7, 11) is -4.00. The summed E-state index contributed by atoms with van der Waals surface area (Å²) >= 11 is 1.37. The summed E-state index contributed by atoms with van der Waals surface area (Å²) in [5.41, 5.74) is 1.52. The first-order valence-corrected chi connectivity index (χ1v) is 10.6. The van der Waals surface area contributed by atoms with E-state index in [0.717, 1.165) is 9.79 Å². The van der Waals surface area contributed by atoms with E-state index in [-0.39, 0.29) is 23.6 Å². The van der Waals surface area contributed by atoms with Crippen LogP contribution in [-0.4, -0.2) is 37.4 Å². The maximum atomic E-state index is 13.2. The molecule has 3 N–H and O–H groups in total. The zero-order chi connectivity index (χ0) is 19.5. The molecular formula is C18H19FN2O4S2. The smallest absolute Gasteiger partial charge is 0.265 e. The molecule has 0 aliphatic carbocycles. The van der Waals surface area contributed by atoms with Crippen molar-refractivity contribution in [3.05, 3.63) is 54.3 Å². The van der Waals surface area contributed by atoms with Gasteiger partial charge in [-0.3, -0.25) is 10.0 Å². The molecule has 1 fully saturated rings. The third-order valence-electron chi connectivity index (χ3n) is 4.62. The van der Waals surface area contributed by atoms with Gasteiger partial charge in [-0.15, -0.1) is 0 Å². The van der Waals surface area contributed by atoms with E-state index in [1.54, 1.807) is 24.3 Å². The fourth-order valence-electron chi connectivity index (χ4n) is 3.10. The first-order valence-electron chi connectivity index (χ1n) is 8.32. The second-order valence-electron chi connectivity index (χ2n) is 6.22. The lowest BCUT2D eigenvalue weighted by molar-refractivity contribution is -0.132. The molecule has 0 aromatic heterocycles. The summed E-state index contributed by atoms with van der Waals surface area (Å²) in [6.07, 6.45) is 0.154. The van der Waals surface area contributed by atoms with E-state index in [9.17, 15) is 17.6 Å². The molecular weight excluding hydrogens is 391 g/mol. The van der Waals surface area contributed by atoms with Crippen LogP contribution in [0.25, 0.3) is 0 Å². The number of hydroxylamine groups is 1. The highest BCUT2D eigenvalue weighted by Gasteiger charge is 2.51. The summed E-state index contributed by atoms with van der Waals surface area (Å²) in [5.74, 6) is -1.23. The van der Waals surface area contributed by atoms with E-state index in [1.807, 2.05) is 0 Å². The molecule has 2 aromatic rings. The highest BCUT2D eigenvalue weighted by atomic mass is 32.2.